The van der Waals surface area contributed by atoms with Gasteiger partial charge in [0, 0.05) is 18.8 Å². The molecule has 0 saturated carbocycles. The highest BCUT2D eigenvalue weighted by Crippen LogP contribution is 2.19. The zero-order chi connectivity index (χ0) is 24.4. The minimum atomic E-state index is -0.612. The van der Waals surface area contributed by atoms with Crippen molar-refractivity contribution in [1.29, 1.82) is 0 Å². The van der Waals surface area contributed by atoms with Crippen LogP contribution in [0.15, 0.2) is 70.3 Å². The van der Waals surface area contributed by atoms with E-state index in [1.807, 2.05) is 19.9 Å². The van der Waals surface area contributed by atoms with E-state index in [0.717, 1.165) is 4.57 Å². The standard InChI is InChI=1S/C26H25FN4O3/c1-4-29(5-2)24(32)21-15-17(3)28-23-22(21)25(33)30(16-18-11-13-19(27)14-12-18)26(34)31(23)20-9-7-6-8-10-20/h6-15H,4-5,16H2,1-3H3. The number of para-hydroxylation sites is 1. The first kappa shape index (κ1) is 23.1. The van der Waals surface area contributed by atoms with Crippen molar-refractivity contribution in [3.63, 3.8) is 0 Å². The van der Waals surface area contributed by atoms with Crippen molar-refractivity contribution < 1.29 is 9.18 Å². The van der Waals surface area contributed by atoms with Crippen LogP contribution in [0.1, 0.15) is 35.5 Å². The maximum absolute atomic E-state index is 13.7. The van der Waals surface area contributed by atoms with Gasteiger partial charge in [-0.1, -0.05) is 30.3 Å². The highest BCUT2D eigenvalue weighted by Gasteiger charge is 2.24. The van der Waals surface area contributed by atoms with Crippen LogP contribution in [0.2, 0.25) is 0 Å². The zero-order valence-corrected chi connectivity index (χ0v) is 19.3. The summed E-state index contributed by atoms with van der Waals surface area (Å²) in [5, 5.41) is 0.0769. The molecule has 2 aromatic heterocycles. The first-order chi connectivity index (χ1) is 16.3. The number of hydrogen-bond donors (Lipinski definition) is 0. The highest BCUT2D eigenvalue weighted by atomic mass is 19.1. The lowest BCUT2D eigenvalue weighted by Gasteiger charge is -2.21. The molecule has 0 aliphatic heterocycles. The molecule has 0 fully saturated rings. The molecule has 2 aromatic carbocycles. The van der Waals surface area contributed by atoms with Crippen molar-refractivity contribution in [3.05, 3.63) is 104 Å². The second kappa shape index (κ2) is 9.43. The van der Waals surface area contributed by atoms with Gasteiger partial charge < -0.3 is 4.90 Å². The first-order valence-electron chi connectivity index (χ1n) is 11.1. The van der Waals surface area contributed by atoms with Gasteiger partial charge in [0.05, 0.1) is 23.2 Å². The van der Waals surface area contributed by atoms with Crippen LogP contribution >= 0.6 is 0 Å². The molecule has 0 unspecified atom stereocenters. The SMILES string of the molecule is CCN(CC)C(=O)c1cc(C)nc2c1c(=O)n(Cc1ccc(F)cc1)c(=O)n2-c1ccccc1. The van der Waals surface area contributed by atoms with Gasteiger partial charge in [0.15, 0.2) is 5.65 Å². The maximum atomic E-state index is 13.7. The molecule has 174 valence electrons. The molecule has 0 spiro atoms. The molecular formula is C26H25FN4O3. The van der Waals surface area contributed by atoms with Gasteiger partial charge in [0.1, 0.15) is 5.82 Å². The number of aromatic nitrogens is 3. The number of carbonyl (C=O) groups is 1. The molecule has 0 atom stereocenters. The van der Waals surface area contributed by atoms with E-state index >= 15 is 0 Å². The smallest absolute Gasteiger partial charge is 0.337 e. The van der Waals surface area contributed by atoms with Crippen LogP contribution in [0, 0.1) is 12.7 Å². The lowest BCUT2D eigenvalue weighted by Crippen LogP contribution is -2.41. The number of carbonyl (C=O) groups excluding carboxylic acids is 1. The van der Waals surface area contributed by atoms with E-state index in [2.05, 4.69) is 4.98 Å². The van der Waals surface area contributed by atoms with E-state index in [4.69, 9.17) is 0 Å². The predicted molar refractivity (Wildman–Crippen MR) is 129 cm³/mol. The minimum absolute atomic E-state index is 0.0759. The molecule has 0 N–H and O–H groups in total. The maximum Gasteiger partial charge on any atom is 0.337 e. The second-order valence-electron chi connectivity index (χ2n) is 7.96. The van der Waals surface area contributed by atoms with E-state index < -0.39 is 17.1 Å². The number of amides is 1. The van der Waals surface area contributed by atoms with Crippen molar-refractivity contribution in [2.75, 3.05) is 13.1 Å². The van der Waals surface area contributed by atoms with Gasteiger partial charge in [-0.25, -0.2) is 18.7 Å². The third-order valence-electron chi connectivity index (χ3n) is 5.77. The molecule has 0 aliphatic carbocycles. The molecule has 0 radical (unpaired) electrons. The monoisotopic (exact) mass is 460 g/mol. The van der Waals surface area contributed by atoms with Gasteiger partial charge in [-0.2, -0.15) is 0 Å². The van der Waals surface area contributed by atoms with Crippen molar-refractivity contribution >= 4 is 16.9 Å². The quantitative estimate of drug-likeness (QED) is 0.441. The summed E-state index contributed by atoms with van der Waals surface area (Å²) in [5.41, 5.74) is 0.747. The number of nitrogens with zero attached hydrogens (tertiary/aromatic N) is 4. The number of benzene rings is 2. The van der Waals surface area contributed by atoms with Crippen LogP contribution in [0.4, 0.5) is 4.39 Å². The molecule has 4 rings (SSSR count). The van der Waals surface area contributed by atoms with E-state index in [1.165, 1.54) is 28.8 Å². The summed E-state index contributed by atoms with van der Waals surface area (Å²) in [5.74, 6) is -0.715. The van der Waals surface area contributed by atoms with E-state index in [9.17, 15) is 18.8 Å². The Morgan fingerprint density at radius 2 is 1.65 bits per heavy atom. The number of halogens is 1. The summed E-state index contributed by atoms with van der Waals surface area (Å²) in [6, 6.07) is 16.0. The lowest BCUT2D eigenvalue weighted by atomic mass is 10.1. The van der Waals surface area contributed by atoms with Gasteiger partial charge in [-0.15, -0.1) is 0 Å². The van der Waals surface area contributed by atoms with Gasteiger partial charge >= 0.3 is 5.69 Å². The molecule has 34 heavy (non-hydrogen) atoms. The molecule has 8 heteroatoms. The summed E-state index contributed by atoms with van der Waals surface area (Å²) in [6.45, 7) is 6.32. The minimum Gasteiger partial charge on any atom is -0.339 e. The Kier molecular flexibility index (Phi) is 6.40. The third-order valence-corrected chi connectivity index (χ3v) is 5.77. The molecule has 0 bridgehead atoms. The van der Waals surface area contributed by atoms with Gasteiger partial charge in [-0.05, 0) is 56.7 Å². The Hall–Kier alpha value is -4.07. The molecule has 0 saturated heterocycles. The number of rotatable bonds is 6. The van der Waals surface area contributed by atoms with Gasteiger partial charge in [0.25, 0.3) is 11.5 Å². The molecule has 2 heterocycles. The van der Waals surface area contributed by atoms with Gasteiger partial charge in [-0.3, -0.25) is 14.2 Å². The van der Waals surface area contributed by atoms with E-state index in [1.54, 1.807) is 42.2 Å². The Labute approximate surface area is 195 Å². The number of aryl methyl sites for hydroxylation is 1. The average molecular weight is 461 g/mol. The molecule has 4 aromatic rings. The topological polar surface area (TPSA) is 77.2 Å². The molecule has 0 aliphatic rings. The number of fused-ring (bicyclic) bond motifs is 1. The highest BCUT2D eigenvalue weighted by molar-refractivity contribution is 6.05. The Balaban J connectivity index is 2.10. The van der Waals surface area contributed by atoms with E-state index in [-0.39, 0.29) is 29.0 Å². The average Bonchev–Trinajstić information content (AvgIpc) is 2.83. The fourth-order valence-corrected chi connectivity index (χ4v) is 4.03. The van der Waals surface area contributed by atoms with Crippen molar-refractivity contribution in [2.24, 2.45) is 0 Å². The van der Waals surface area contributed by atoms with Crippen molar-refractivity contribution in [2.45, 2.75) is 27.3 Å². The summed E-state index contributed by atoms with van der Waals surface area (Å²) >= 11 is 0. The lowest BCUT2D eigenvalue weighted by molar-refractivity contribution is 0.0774. The normalized spacial score (nSPS) is 11.1. The van der Waals surface area contributed by atoms with Crippen LogP contribution in [0.5, 0.6) is 0 Å². The van der Waals surface area contributed by atoms with Crippen LogP contribution < -0.4 is 11.2 Å². The van der Waals surface area contributed by atoms with Crippen LogP contribution in [-0.2, 0) is 6.54 Å². The summed E-state index contributed by atoms with van der Waals surface area (Å²) in [6.07, 6.45) is 0. The van der Waals surface area contributed by atoms with Crippen molar-refractivity contribution in [1.82, 2.24) is 19.0 Å². The Morgan fingerprint density at radius 1 is 1.00 bits per heavy atom. The second-order valence-corrected chi connectivity index (χ2v) is 7.96. The zero-order valence-electron chi connectivity index (χ0n) is 19.3. The van der Waals surface area contributed by atoms with Crippen LogP contribution in [0.3, 0.4) is 0 Å². The van der Waals surface area contributed by atoms with E-state index in [0.29, 0.717) is 30.0 Å². The molecular weight excluding hydrogens is 435 g/mol. The largest absolute Gasteiger partial charge is 0.339 e. The Bertz CT molecular complexity index is 1470. The fraction of sp³-hybridized carbons (Fsp3) is 0.231. The number of pyridine rings is 1. The van der Waals surface area contributed by atoms with Crippen LogP contribution in [-0.4, -0.2) is 38.0 Å². The Morgan fingerprint density at radius 3 is 2.26 bits per heavy atom. The molecule has 1 amide bonds. The summed E-state index contributed by atoms with van der Waals surface area (Å²) in [7, 11) is 0. The van der Waals surface area contributed by atoms with Gasteiger partial charge in [0.2, 0.25) is 0 Å². The third kappa shape index (κ3) is 4.14. The molecule has 7 nitrogen and oxygen atoms in total. The summed E-state index contributed by atoms with van der Waals surface area (Å²) < 4.78 is 15.8. The summed E-state index contributed by atoms with van der Waals surface area (Å²) in [4.78, 5) is 46.9. The first-order valence-corrected chi connectivity index (χ1v) is 11.1. The van der Waals surface area contributed by atoms with Crippen LogP contribution in [0.25, 0.3) is 16.7 Å². The van der Waals surface area contributed by atoms with Crippen molar-refractivity contribution in [3.8, 4) is 5.69 Å². The predicted octanol–water partition coefficient (Wildman–Crippen LogP) is 3.53. The number of hydrogen-bond acceptors (Lipinski definition) is 4. The fourth-order valence-electron chi connectivity index (χ4n) is 4.03.